The molecule has 140 valence electrons. The lowest BCUT2D eigenvalue weighted by Gasteiger charge is -2.10. The highest BCUT2D eigenvalue weighted by molar-refractivity contribution is 5.89. The van der Waals surface area contributed by atoms with Gasteiger partial charge in [-0.25, -0.2) is 8.78 Å². The predicted molar refractivity (Wildman–Crippen MR) is 111 cm³/mol. The Labute approximate surface area is 163 Å². The van der Waals surface area contributed by atoms with Gasteiger partial charge in [-0.15, -0.1) is 0 Å². The number of rotatable bonds is 4. The lowest BCUT2D eigenvalue weighted by molar-refractivity contribution is 0.386. The molecular formula is C25H20F2O. The highest BCUT2D eigenvalue weighted by Crippen LogP contribution is 2.32. The maximum absolute atomic E-state index is 15.1. The van der Waals surface area contributed by atoms with Gasteiger partial charge in [0, 0.05) is 10.9 Å². The topological polar surface area (TPSA) is 9.23 Å². The zero-order chi connectivity index (χ0) is 19.7. The van der Waals surface area contributed by atoms with Crippen LogP contribution in [0.5, 0.6) is 5.75 Å². The van der Waals surface area contributed by atoms with Gasteiger partial charge < -0.3 is 4.74 Å². The van der Waals surface area contributed by atoms with Gasteiger partial charge in [-0.2, -0.15) is 0 Å². The van der Waals surface area contributed by atoms with Crippen LogP contribution in [0.4, 0.5) is 8.78 Å². The fourth-order valence-electron chi connectivity index (χ4n) is 3.47. The van der Waals surface area contributed by atoms with Crippen molar-refractivity contribution in [3.05, 3.63) is 90.0 Å². The van der Waals surface area contributed by atoms with Crippen LogP contribution in [0.25, 0.3) is 33.0 Å². The van der Waals surface area contributed by atoms with Gasteiger partial charge in [0.15, 0.2) is 11.6 Å². The van der Waals surface area contributed by atoms with Crippen molar-refractivity contribution in [1.82, 2.24) is 0 Å². The van der Waals surface area contributed by atoms with Crippen molar-refractivity contribution in [1.29, 1.82) is 0 Å². The molecule has 0 radical (unpaired) electrons. The molecule has 0 aliphatic rings. The van der Waals surface area contributed by atoms with Crippen LogP contribution >= 0.6 is 0 Å². The average molecular weight is 374 g/mol. The summed E-state index contributed by atoms with van der Waals surface area (Å²) in [7, 11) is 1.44. The van der Waals surface area contributed by atoms with Crippen molar-refractivity contribution in [2.24, 2.45) is 0 Å². The summed E-state index contributed by atoms with van der Waals surface area (Å²) in [5.74, 6) is -0.413. The third kappa shape index (κ3) is 3.24. The van der Waals surface area contributed by atoms with Crippen molar-refractivity contribution in [2.75, 3.05) is 7.11 Å². The molecule has 0 bridgehead atoms. The van der Waals surface area contributed by atoms with Crippen molar-refractivity contribution in [3.8, 4) is 28.0 Å². The van der Waals surface area contributed by atoms with E-state index < -0.39 is 5.82 Å². The molecule has 4 aromatic rings. The first kappa shape index (κ1) is 18.2. The number of halogens is 2. The molecule has 1 nitrogen and oxygen atoms in total. The van der Waals surface area contributed by atoms with E-state index in [1.165, 1.54) is 18.7 Å². The Morgan fingerprint density at radius 3 is 2.14 bits per heavy atom. The lowest BCUT2D eigenvalue weighted by Crippen LogP contribution is -1.90. The van der Waals surface area contributed by atoms with Gasteiger partial charge in [0.25, 0.3) is 0 Å². The van der Waals surface area contributed by atoms with Gasteiger partial charge in [-0.1, -0.05) is 67.6 Å². The summed E-state index contributed by atoms with van der Waals surface area (Å²) >= 11 is 0. The third-order valence-electron chi connectivity index (χ3n) is 5.11. The molecule has 0 heterocycles. The van der Waals surface area contributed by atoms with E-state index in [1.54, 1.807) is 12.1 Å². The third-order valence-corrected chi connectivity index (χ3v) is 5.11. The van der Waals surface area contributed by atoms with Crippen molar-refractivity contribution in [3.63, 3.8) is 0 Å². The molecule has 0 aliphatic carbocycles. The second kappa shape index (κ2) is 7.43. The molecule has 0 saturated heterocycles. The van der Waals surface area contributed by atoms with Gasteiger partial charge in [0.2, 0.25) is 0 Å². The Morgan fingerprint density at radius 2 is 1.46 bits per heavy atom. The second-order valence-electron chi connectivity index (χ2n) is 6.76. The first-order valence-electron chi connectivity index (χ1n) is 9.26. The number of aryl methyl sites for hydroxylation is 1. The number of benzene rings is 4. The van der Waals surface area contributed by atoms with Gasteiger partial charge in [0.05, 0.1) is 7.11 Å². The van der Waals surface area contributed by atoms with Crippen LogP contribution in [-0.4, -0.2) is 7.11 Å². The van der Waals surface area contributed by atoms with Crippen molar-refractivity contribution >= 4 is 10.8 Å². The molecule has 0 unspecified atom stereocenters. The van der Waals surface area contributed by atoms with E-state index in [0.717, 1.165) is 28.5 Å². The van der Waals surface area contributed by atoms with Gasteiger partial charge in [0.1, 0.15) is 5.82 Å². The van der Waals surface area contributed by atoms with Crippen LogP contribution in [0.15, 0.2) is 72.8 Å². The number of fused-ring (bicyclic) bond motifs is 1. The molecule has 0 aromatic heterocycles. The molecular weight excluding hydrogens is 354 g/mol. The molecule has 4 aromatic carbocycles. The van der Waals surface area contributed by atoms with Crippen molar-refractivity contribution in [2.45, 2.75) is 13.3 Å². The molecule has 4 rings (SSSR count). The maximum atomic E-state index is 15.1. The van der Waals surface area contributed by atoms with Gasteiger partial charge in [-0.3, -0.25) is 0 Å². The van der Waals surface area contributed by atoms with Gasteiger partial charge in [-0.05, 0) is 46.2 Å². The summed E-state index contributed by atoms with van der Waals surface area (Å²) in [6.45, 7) is 2.09. The summed E-state index contributed by atoms with van der Waals surface area (Å²) < 4.78 is 34.0. The molecule has 0 spiro atoms. The molecule has 3 heteroatoms. The molecule has 28 heavy (non-hydrogen) atoms. The maximum Gasteiger partial charge on any atom is 0.165 e. The summed E-state index contributed by atoms with van der Waals surface area (Å²) in [5, 5.41) is 1.53. The Balaban J connectivity index is 1.71. The zero-order valence-electron chi connectivity index (χ0n) is 15.8. The van der Waals surface area contributed by atoms with E-state index in [4.69, 9.17) is 4.74 Å². The highest BCUT2D eigenvalue weighted by Gasteiger charge is 2.11. The fraction of sp³-hybridized carbons (Fsp3) is 0.120. The van der Waals surface area contributed by atoms with E-state index >= 15 is 4.39 Å². The van der Waals surface area contributed by atoms with Crippen molar-refractivity contribution < 1.29 is 13.5 Å². The van der Waals surface area contributed by atoms with E-state index in [9.17, 15) is 4.39 Å². The Bertz CT molecular complexity index is 1150. The Hall–Kier alpha value is -3.20. The normalized spacial score (nSPS) is 11.0. The number of ether oxygens (including phenoxy) is 1. The van der Waals surface area contributed by atoms with Crippen LogP contribution in [0.1, 0.15) is 12.5 Å². The van der Waals surface area contributed by atoms with E-state index in [1.807, 2.05) is 54.6 Å². The second-order valence-corrected chi connectivity index (χ2v) is 6.76. The highest BCUT2D eigenvalue weighted by atomic mass is 19.1. The summed E-state index contributed by atoms with van der Waals surface area (Å²) in [6.07, 6.45) is 0.923. The smallest absolute Gasteiger partial charge is 0.165 e. The van der Waals surface area contributed by atoms with Crippen LogP contribution in [-0.2, 0) is 6.42 Å². The number of hydrogen-bond donors (Lipinski definition) is 0. The minimum absolute atomic E-state index is 0.213. The predicted octanol–water partition coefficient (Wildman–Crippen LogP) is 7.02. The van der Waals surface area contributed by atoms with E-state index in [2.05, 4.69) is 6.92 Å². The molecule has 0 aliphatic heterocycles. The fourth-order valence-corrected chi connectivity index (χ4v) is 3.47. The summed E-state index contributed by atoms with van der Waals surface area (Å²) in [4.78, 5) is 0. The minimum atomic E-state index is -0.406. The Morgan fingerprint density at radius 1 is 0.750 bits per heavy atom. The first-order valence-corrected chi connectivity index (χ1v) is 9.26. The molecule has 0 N–H and O–H groups in total. The van der Waals surface area contributed by atoms with Crippen LogP contribution in [0, 0.1) is 11.6 Å². The molecule has 0 saturated carbocycles. The Kier molecular flexibility index (Phi) is 4.82. The number of methoxy groups -OCH3 is 1. The minimum Gasteiger partial charge on any atom is -0.494 e. The molecule has 0 atom stereocenters. The SMILES string of the molecule is CCc1ccc2c(F)c(-c3ccc(-c4ccc(OC)c(F)c4)cc3)ccc2c1. The largest absolute Gasteiger partial charge is 0.494 e. The zero-order valence-corrected chi connectivity index (χ0v) is 15.8. The lowest BCUT2D eigenvalue weighted by atomic mass is 9.96. The summed E-state index contributed by atoms with van der Waals surface area (Å²) in [6, 6.07) is 22.0. The monoisotopic (exact) mass is 374 g/mol. The molecule has 0 amide bonds. The quantitative estimate of drug-likeness (QED) is 0.373. The van der Waals surface area contributed by atoms with E-state index in [-0.39, 0.29) is 11.6 Å². The first-order chi connectivity index (χ1) is 13.6. The summed E-state index contributed by atoms with van der Waals surface area (Å²) in [5.41, 5.74) is 4.15. The van der Waals surface area contributed by atoms with E-state index in [0.29, 0.717) is 10.9 Å². The molecule has 0 fully saturated rings. The van der Waals surface area contributed by atoms with Crippen LogP contribution in [0.2, 0.25) is 0 Å². The van der Waals surface area contributed by atoms with Crippen LogP contribution in [0.3, 0.4) is 0 Å². The number of hydrogen-bond acceptors (Lipinski definition) is 1. The standard InChI is InChI=1S/C25H20F2O/c1-3-16-4-11-22-20(14-16)9-12-21(25(22)27)18-7-5-17(6-8-18)19-10-13-24(28-2)23(26)15-19/h4-15H,3H2,1-2H3. The van der Waals surface area contributed by atoms with Gasteiger partial charge >= 0.3 is 0 Å². The average Bonchev–Trinajstić information content (AvgIpc) is 2.74. The van der Waals surface area contributed by atoms with Crippen LogP contribution < -0.4 is 4.74 Å².